The Hall–Kier alpha value is -2.21. The molecule has 22 heavy (non-hydrogen) atoms. The standard InChI is InChI=1S/C16H18FN3O2/c1-21-15-8-18-16(19-9-15)22-14-5-6-20(11-14)10-12-3-2-4-13(17)7-12/h2-4,7-9,14H,5-6,10-11H2,1H3. The fourth-order valence-corrected chi connectivity index (χ4v) is 2.55. The smallest absolute Gasteiger partial charge is 0.316 e. The predicted molar refractivity (Wildman–Crippen MR) is 79.3 cm³/mol. The molecule has 1 unspecified atom stereocenters. The maximum Gasteiger partial charge on any atom is 0.316 e. The lowest BCUT2D eigenvalue weighted by Gasteiger charge is -2.16. The van der Waals surface area contributed by atoms with Gasteiger partial charge >= 0.3 is 6.01 Å². The maximum atomic E-state index is 13.2. The minimum atomic E-state index is -0.198. The van der Waals surface area contributed by atoms with Crippen LogP contribution < -0.4 is 9.47 Å². The first-order valence-electron chi connectivity index (χ1n) is 7.22. The van der Waals surface area contributed by atoms with Gasteiger partial charge in [-0.15, -0.1) is 0 Å². The first-order chi connectivity index (χ1) is 10.7. The van der Waals surface area contributed by atoms with E-state index in [0.29, 0.717) is 11.8 Å². The summed E-state index contributed by atoms with van der Waals surface area (Å²) < 4.78 is 24.0. The summed E-state index contributed by atoms with van der Waals surface area (Å²) in [5.74, 6) is 0.405. The van der Waals surface area contributed by atoms with Gasteiger partial charge in [0, 0.05) is 19.6 Å². The summed E-state index contributed by atoms with van der Waals surface area (Å²) in [5, 5.41) is 0. The molecule has 1 aliphatic rings. The number of hydrogen-bond donors (Lipinski definition) is 0. The highest BCUT2D eigenvalue weighted by Crippen LogP contribution is 2.18. The lowest BCUT2D eigenvalue weighted by atomic mass is 10.2. The van der Waals surface area contributed by atoms with Crippen LogP contribution in [0.4, 0.5) is 4.39 Å². The molecule has 0 spiro atoms. The zero-order chi connectivity index (χ0) is 15.4. The van der Waals surface area contributed by atoms with Crippen LogP contribution in [-0.2, 0) is 6.54 Å². The summed E-state index contributed by atoms with van der Waals surface area (Å²) in [4.78, 5) is 10.5. The van der Waals surface area contributed by atoms with E-state index in [1.54, 1.807) is 31.6 Å². The molecule has 3 rings (SSSR count). The first-order valence-corrected chi connectivity index (χ1v) is 7.22. The van der Waals surface area contributed by atoms with E-state index in [-0.39, 0.29) is 11.9 Å². The Balaban J connectivity index is 1.53. The van der Waals surface area contributed by atoms with Gasteiger partial charge in [0.15, 0.2) is 5.75 Å². The summed E-state index contributed by atoms with van der Waals surface area (Å²) in [6, 6.07) is 7.06. The van der Waals surface area contributed by atoms with Gasteiger partial charge in [-0.25, -0.2) is 4.39 Å². The largest absolute Gasteiger partial charge is 0.494 e. The fraction of sp³-hybridized carbons (Fsp3) is 0.375. The van der Waals surface area contributed by atoms with Crippen molar-refractivity contribution in [3.63, 3.8) is 0 Å². The van der Waals surface area contributed by atoms with Crippen LogP contribution in [0.5, 0.6) is 11.8 Å². The monoisotopic (exact) mass is 303 g/mol. The van der Waals surface area contributed by atoms with E-state index in [9.17, 15) is 4.39 Å². The van der Waals surface area contributed by atoms with Gasteiger partial charge in [0.2, 0.25) is 0 Å². The molecule has 6 heteroatoms. The first kappa shape index (κ1) is 14.7. The van der Waals surface area contributed by atoms with Gasteiger partial charge in [-0.1, -0.05) is 12.1 Å². The third-order valence-corrected chi connectivity index (χ3v) is 3.64. The number of aromatic nitrogens is 2. The van der Waals surface area contributed by atoms with E-state index >= 15 is 0 Å². The van der Waals surface area contributed by atoms with Gasteiger partial charge in [0.25, 0.3) is 0 Å². The van der Waals surface area contributed by atoms with Crippen LogP contribution >= 0.6 is 0 Å². The van der Waals surface area contributed by atoms with Crippen molar-refractivity contribution >= 4 is 0 Å². The second kappa shape index (κ2) is 6.70. The van der Waals surface area contributed by atoms with Crippen LogP contribution in [0.1, 0.15) is 12.0 Å². The van der Waals surface area contributed by atoms with Crippen LogP contribution in [0.2, 0.25) is 0 Å². The molecule has 1 aromatic carbocycles. The highest BCUT2D eigenvalue weighted by Gasteiger charge is 2.24. The summed E-state index contributed by atoms with van der Waals surface area (Å²) in [5.41, 5.74) is 0.973. The molecule has 1 saturated heterocycles. The molecule has 0 bridgehead atoms. The zero-order valence-electron chi connectivity index (χ0n) is 12.4. The van der Waals surface area contributed by atoms with Gasteiger partial charge in [0.1, 0.15) is 11.9 Å². The van der Waals surface area contributed by atoms with Crippen molar-refractivity contribution < 1.29 is 13.9 Å². The van der Waals surface area contributed by atoms with Crippen LogP contribution in [-0.4, -0.2) is 41.2 Å². The number of nitrogens with zero attached hydrogens (tertiary/aromatic N) is 3. The van der Waals surface area contributed by atoms with E-state index in [2.05, 4.69) is 14.9 Å². The third-order valence-electron chi connectivity index (χ3n) is 3.64. The van der Waals surface area contributed by atoms with Gasteiger partial charge < -0.3 is 9.47 Å². The van der Waals surface area contributed by atoms with Crippen molar-refractivity contribution in [2.45, 2.75) is 19.1 Å². The van der Waals surface area contributed by atoms with Gasteiger partial charge in [-0.3, -0.25) is 4.90 Å². The normalized spacial score (nSPS) is 18.4. The second-order valence-electron chi connectivity index (χ2n) is 5.30. The number of benzene rings is 1. The molecule has 1 aromatic heterocycles. The average molecular weight is 303 g/mol. The van der Waals surface area contributed by atoms with Gasteiger partial charge in [-0.2, -0.15) is 9.97 Å². The Kier molecular flexibility index (Phi) is 4.48. The van der Waals surface area contributed by atoms with Crippen LogP contribution in [0.3, 0.4) is 0 Å². The average Bonchev–Trinajstić information content (AvgIpc) is 2.95. The molecule has 0 saturated carbocycles. The molecule has 0 amide bonds. The molecule has 1 fully saturated rings. The minimum Gasteiger partial charge on any atom is -0.494 e. The number of methoxy groups -OCH3 is 1. The Morgan fingerprint density at radius 2 is 2.14 bits per heavy atom. The zero-order valence-corrected chi connectivity index (χ0v) is 12.4. The number of rotatable bonds is 5. The van der Waals surface area contributed by atoms with Crippen molar-refractivity contribution in [3.05, 3.63) is 48.0 Å². The maximum absolute atomic E-state index is 13.2. The van der Waals surface area contributed by atoms with Crippen molar-refractivity contribution in [2.75, 3.05) is 20.2 Å². The number of ether oxygens (including phenoxy) is 2. The van der Waals surface area contributed by atoms with E-state index < -0.39 is 0 Å². The lowest BCUT2D eigenvalue weighted by molar-refractivity contribution is 0.183. The summed E-state index contributed by atoms with van der Waals surface area (Å²) in [7, 11) is 1.57. The van der Waals surface area contributed by atoms with E-state index in [0.717, 1.165) is 31.6 Å². The molecule has 0 aliphatic carbocycles. The van der Waals surface area contributed by atoms with Gasteiger partial charge in [-0.05, 0) is 24.1 Å². The molecular formula is C16H18FN3O2. The lowest BCUT2D eigenvalue weighted by Crippen LogP contribution is -2.25. The molecule has 1 atom stereocenters. The third kappa shape index (κ3) is 3.71. The van der Waals surface area contributed by atoms with E-state index in [1.807, 2.05) is 6.07 Å². The molecule has 116 valence electrons. The van der Waals surface area contributed by atoms with Crippen LogP contribution in [0.25, 0.3) is 0 Å². The number of halogens is 1. The predicted octanol–water partition coefficient (Wildman–Crippen LogP) is 2.28. The molecule has 2 heterocycles. The molecule has 1 aliphatic heterocycles. The summed E-state index contributed by atoms with van der Waals surface area (Å²) in [6.45, 7) is 2.42. The topological polar surface area (TPSA) is 47.5 Å². The van der Waals surface area contributed by atoms with Crippen molar-refractivity contribution in [2.24, 2.45) is 0 Å². The fourth-order valence-electron chi connectivity index (χ4n) is 2.55. The van der Waals surface area contributed by atoms with Crippen LogP contribution in [0.15, 0.2) is 36.7 Å². The van der Waals surface area contributed by atoms with Crippen molar-refractivity contribution in [1.29, 1.82) is 0 Å². The molecule has 0 radical (unpaired) electrons. The summed E-state index contributed by atoms with van der Waals surface area (Å²) >= 11 is 0. The Morgan fingerprint density at radius 3 is 2.86 bits per heavy atom. The highest BCUT2D eigenvalue weighted by atomic mass is 19.1. The molecule has 5 nitrogen and oxygen atoms in total. The molecular weight excluding hydrogens is 285 g/mol. The quantitative estimate of drug-likeness (QED) is 0.848. The van der Waals surface area contributed by atoms with Crippen molar-refractivity contribution in [1.82, 2.24) is 14.9 Å². The SMILES string of the molecule is COc1cnc(OC2CCN(Cc3cccc(F)c3)C2)nc1. The second-order valence-corrected chi connectivity index (χ2v) is 5.30. The molecule has 0 N–H and O–H groups in total. The number of likely N-dealkylation sites (tertiary alicyclic amines) is 1. The Labute approximate surface area is 128 Å². The van der Waals surface area contributed by atoms with E-state index in [4.69, 9.17) is 9.47 Å². The number of hydrogen-bond acceptors (Lipinski definition) is 5. The Bertz CT molecular complexity index is 621. The van der Waals surface area contributed by atoms with Crippen molar-refractivity contribution in [3.8, 4) is 11.8 Å². The molecule has 2 aromatic rings. The minimum absolute atomic E-state index is 0.0574. The van der Waals surface area contributed by atoms with E-state index in [1.165, 1.54) is 6.07 Å². The van der Waals surface area contributed by atoms with Gasteiger partial charge in [0.05, 0.1) is 19.5 Å². The highest BCUT2D eigenvalue weighted by molar-refractivity contribution is 5.16. The van der Waals surface area contributed by atoms with Crippen LogP contribution in [0, 0.1) is 5.82 Å². The Morgan fingerprint density at radius 1 is 1.32 bits per heavy atom. The summed E-state index contributed by atoms with van der Waals surface area (Å²) in [6.07, 6.45) is 4.14.